The third-order valence-electron chi connectivity index (χ3n) is 7.02. The number of carbonyl (C=O) groups is 2. The molecule has 0 radical (unpaired) electrons. The molecule has 3 aromatic rings. The van der Waals surface area contributed by atoms with Gasteiger partial charge in [0.15, 0.2) is 17.4 Å². The molecule has 3 heterocycles. The summed E-state index contributed by atoms with van der Waals surface area (Å²) >= 11 is 0. The molecule has 9 heteroatoms. The van der Waals surface area contributed by atoms with Crippen LogP contribution in [0.4, 0.5) is 8.78 Å². The zero-order valence-electron chi connectivity index (χ0n) is 20.6. The standard InChI is InChI=1S/C27H29F2N5O2/c1-32(2)15-22(17-5-4-6-23(28)24(17)29)25(35)21-14-31-26-19(21)11-16(13-30-26)18-12-20(18)27(36)34-9-7-33(3)8-10-34/h4-6,11,13-15,18,20H,7-10,12H2,1-3H3,(H,30,31)/t18-,20+/m0/s1. The van der Waals surface area contributed by atoms with Crippen LogP contribution in [0, 0.1) is 17.6 Å². The SMILES string of the molecule is CN(C)C=C(C(=O)c1c[nH]c2ncc([C@@H]3C[C@H]3C(=O)N3CCN(C)CC3)cc12)c1cccc(F)c1F. The van der Waals surface area contributed by atoms with Crippen molar-refractivity contribution in [2.45, 2.75) is 12.3 Å². The number of carbonyl (C=O) groups excluding carboxylic acids is 2. The van der Waals surface area contributed by atoms with E-state index in [-0.39, 0.29) is 28.9 Å². The highest BCUT2D eigenvalue weighted by atomic mass is 19.2. The van der Waals surface area contributed by atoms with E-state index >= 15 is 0 Å². The summed E-state index contributed by atoms with van der Waals surface area (Å²) in [5.41, 5.74) is 1.68. The summed E-state index contributed by atoms with van der Waals surface area (Å²) in [6, 6.07) is 5.68. The topological polar surface area (TPSA) is 72.5 Å². The number of aromatic nitrogens is 2. The molecule has 1 saturated carbocycles. The Morgan fingerprint density at radius 3 is 2.61 bits per heavy atom. The number of amides is 1. The summed E-state index contributed by atoms with van der Waals surface area (Å²) in [4.78, 5) is 39.9. The lowest BCUT2D eigenvalue weighted by Gasteiger charge is -2.32. The predicted molar refractivity (Wildman–Crippen MR) is 133 cm³/mol. The van der Waals surface area contributed by atoms with Gasteiger partial charge in [-0.05, 0) is 37.1 Å². The van der Waals surface area contributed by atoms with Crippen LogP contribution in [0.3, 0.4) is 0 Å². The first-order valence-electron chi connectivity index (χ1n) is 12.1. The molecule has 0 unspecified atom stereocenters. The first-order chi connectivity index (χ1) is 17.2. The van der Waals surface area contributed by atoms with Crippen LogP contribution < -0.4 is 0 Å². The van der Waals surface area contributed by atoms with Gasteiger partial charge in [-0.1, -0.05) is 12.1 Å². The number of benzene rings is 1. The van der Waals surface area contributed by atoms with Crippen molar-refractivity contribution >= 4 is 28.3 Å². The van der Waals surface area contributed by atoms with E-state index in [9.17, 15) is 18.4 Å². The second-order valence-corrected chi connectivity index (χ2v) is 9.88. The fraction of sp³-hybridized carbons (Fsp3) is 0.370. The highest BCUT2D eigenvalue weighted by molar-refractivity contribution is 6.32. The Kier molecular flexibility index (Phi) is 6.34. The van der Waals surface area contributed by atoms with E-state index in [1.54, 1.807) is 31.4 Å². The second kappa shape index (κ2) is 9.46. The molecule has 188 valence electrons. The highest BCUT2D eigenvalue weighted by Crippen LogP contribution is 2.49. The molecule has 1 N–H and O–H groups in total. The first kappa shape index (κ1) is 24.1. The van der Waals surface area contributed by atoms with Crippen LogP contribution in [0.5, 0.6) is 0 Å². The van der Waals surface area contributed by atoms with Crippen molar-refractivity contribution in [3.05, 3.63) is 71.2 Å². The summed E-state index contributed by atoms with van der Waals surface area (Å²) in [6.45, 7) is 3.23. The lowest BCUT2D eigenvalue weighted by atomic mass is 9.96. The molecule has 7 nitrogen and oxygen atoms in total. The molecule has 0 spiro atoms. The van der Waals surface area contributed by atoms with Crippen molar-refractivity contribution in [1.29, 1.82) is 0 Å². The number of pyridine rings is 1. The van der Waals surface area contributed by atoms with Crippen LogP contribution in [0.2, 0.25) is 0 Å². The number of aromatic amines is 1. The van der Waals surface area contributed by atoms with E-state index in [0.29, 0.717) is 16.6 Å². The highest BCUT2D eigenvalue weighted by Gasteiger charge is 2.46. The molecule has 36 heavy (non-hydrogen) atoms. The normalized spacial score (nSPS) is 20.6. The van der Waals surface area contributed by atoms with E-state index in [1.807, 2.05) is 11.0 Å². The Hall–Kier alpha value is -3.59. The minimum Gasteiger partial charge on any atom is -0.383 e. The number of nitrogens with zero attached hydrogens (tertiary/aromatic N) is 4. The number of allylic oxidation sites excluding steroid dienone is 1. The van der Waals surface area contributed by atoms with Crippen molar-refractivity contribution in [3.63, 3.8) is 0 Å². The largest absolute Gasteiger partial charge is 0.383 e. The number of Topliss-reactive ketones (excluding diaryl/α,β-unsaturated/α-hetero) is 1. The smallest absolute Gasteiger partial charge is 0.226 e. The third kappa shape index (κ3) is 4.51. The van der Waals surface area contributed by atoms with E-state index in [0.717, 1.165) is 44.2 Å². The Bertz CT molecular complexity index is 1360. The maximum atomic E-state index is 14.6. The molecule has 1 aliphatic carbocycles. The molecule has 1 saturated heterocycles. The van der Waals surface area contributed by atoms with Crippen molar-refractivity contribution < 1.29 is 18.4 Å². The van der Waals surface area contributed by atoms with Crippen LogP contribution >= 0.6 is 0 Å². The van der Waals surface area contributed by atoms with Crippen LogP contribution in [0.15, 0.2) is 42.9 Å². The average molecular weight is 494 g/mol. The molecule has 2 aromatic heterocycles. The molecule has 1 aliphatic heterocycles. The van der Waals surface area contributed by atoms with Gasteiger partial charge in [0.25, 0.3) is 0 Å². The predicted octanol–water partition coefficient (Wildman–Crippen LogP) is 3.50. The zero-order chi connectivity index (χ0) is 25.6. The Balaban J connectivity index is 1.43. The summed E-state index contributed by atoms with van der Waals surface area (Å²) in [5.74, 6) is -2.37. The van der Waals surface area contributed by atoms with Crippen molar-refractivity contribution in [2.24, 2.45) is 5.92 Å². The molecule has 2 fully saturated rings. The third-order valence-corrected chi connectivity index (χ3v) is 7.02. The fourth-order valence-electron chi connectivity index (χ4n) is 4.87. The number of rotatable bonds is 6. The number of piperazine rings is 1. The molecule has 2 aliphatic rings. The molecule has 1 aromatic carbocycles. The number of nitrogens with one attached hydrogen (secondary N) is 1. The minimum atomic E-state index is -1.07. The van der Waals surface area contributed by atoms with Crippen molar-refractivity contribution in [2.75, 3.05) is 47.3 Å². The Morgan fingerprint density at radius 2 is 1.89 bits per heavy atom. The number of likely N-dealkylation sites (N-methyl/N-ethyl adjacent to an activating group) is 1. The quantitative estimate of drug-likeness (QED) is 0.420. The molecule has 2 atom stereocenters. The summed E-state index contributed by atoms with van der Waals surface area (Å²) in [6.07, 6.45) is 5.54. The number of hydrogen-bond acceptors (Lipinski definition) is 5. The Labute approximate surface area is 208 Å². The van der Waals surface area contributed by atoms with Gasteiger partial charge in [-0.25, -0.2) is 13.8 Å². The molecule has 0 bridgehead atoms. The van der Waals surface area contributed by atoms with Crippen LogP contribution in [0.25, 0.3) is 16.6 Å². The maximum Gasteiger partial charge on any atom is 0.226 e. The average Bonchev–Trinajstić information content (AvgIpc) is 3.55. The monoisotopic (exact) mass is 493 g/mol. The first-order valence-corrected chi connectivity index (χ1v) is 12.1. The molecular weight excluding hydrogens is 464 g/mol. The zero-order valence-corrected chi connectivity index (χ0v) is 20.6. The summed E-state index contributed by atoms with van der Waals surface area (Å²) < 4.78 is 28.6. The molecule has 1 amide bonds. The van der Waals surface area contributed by atoms with Crippen LogP contribution in [-0.4, -0.2) is 83.7 Å². The minimum absolute atomic E-state index is 0.0397. The molecular formula is C27H29F2N5O2. The van der Waals surface area contributed by atoms with E-state index in [4.69, 9.17) is 0 Å². The van der Waals surface area contributed by atoms with Gasteiger partial charge in [-0.2, -0.15) is 0 Å². The lowest BCUT2D eigenvalue weighted by molar-refractivity contribution is -0.134. The van der Waals surface area contributed by atoms with Gasteiger partial charge in [-0.15, -0.1) is 0 Å². The van der Waals surface area contributed by atoms with Gasteiger partial charge < -0.3 is 19.7 Å². The molecule has 5 rings (SSSR count). The number of H-pyrrole nitrogens is 1. The van der Waals surface area contributed by atoms with Crippen LogP contribution in [-0.2, 0) is 4.79 Å². The number of hydrogen-bond donors (Lipinski definition) is 1. The number of halogens is 2. The van der Waals surface area contributed by atoms with E-state index < -0.39 is 17.4 Å². The van der Waals surface area contributed by atoms with Gasteiger partial charge in [-0.3, -0.25) is 9.59 Å². The van der Waals surface area contributed by atoms with E-state index in [2.05, 4.69) is 21.9 Å². The van der Waals surface area contributed by atoms with Gasteiger partial charge >= 0.3 is 0 Å². The van der Waals surface area contributed by atoms with Crippen molar-refractivity contribution in [1.82, 2.24) is 24.7 Å². The van der Waals surface area contributed by atoms with Gasteiger partial charge in [0, 0.05) is 86.9 Å². The number of fused-ring (bicyclic) bond motifs is 1. The summed E-state index contributed by atoms with van der Waals surface area (Å²) in [5, 5.41) is 0.594. The fourth-order valence-corrected chi connectivity index (χ4v) is 4.87. The lowest BCUT2D eigenvalue weighted by Crippen LogP contribution is -2.47. The maximum absolute atomic E-state index is 14.6. The Morgan fingerprint density at radius 1 is 1.14 bits per heavy atom. The van der Waals surface area contributed by atoms with E-state index in [1.165, 1.54) is 18.3 Å². The summed E-state index contributed by atoms with van der Waals surface area (Å²) in [7, 11) is 5.48. The van der Waals surface area contributed by atoms with Gasteiger partial charge in [0.2, 0.25) is 5.91 Å². The van der Waals surface area contributed by atoms with Gasteiger partial charge in [0.1, 0.15) is 5.65 Å². The van der Waals surface area contributed by atoms with Gasteiger partial charge in [0.05, 0.1) is 0 Å². The second-order valence-electron chi connectivity index (χ2n) is 9.88. The number of ketones is 1. The van der Waals surface area contributed by atoms with Crippen molar-refractivity contribution in [3.8, 4) is 0 Å². The van der Waals surface area contributed by atoms with Crippen LogP contribution in [0.1, 0.15) is 33.8 Å².